The van der Waals surface area contributed by atoms with Crippen LogP contribution < -0.4 is 15.0 Å². The molecule has 2 amide bonds. The first-order valence-electron chi connectivity index (χ1n) is 11.8. The third kappa shape index (κ3) is 5.27. The Morgan fingerprint density at radius 1 is 0.972 bits per heavy atom. The lowest BCUT2D eigenvalue weighted by molar-refractivity contribution is -0.120. The van der Waals surface area contributed by atoms with Gasteiger partial charge in [-0.25, -0.2) is 8.78 Å². The van der Waals surface area contributed by atoms with E-state index in [2.05, 4.69) is 20.4 Å². The van der Waals surface area contributed by atoms with Gasteiger partial charge in [0.05, 0.1) is 29.6 Å². The molecule has 186 valence electrons. The van der Waals surface area contributed by atoms with Crippen molar-refractivity contribution >= 4 is 23.2 Å². The molecule has 2 aliphatic rings. The van der Waals surface area contributed by atoms with E-state index in [0.717, 1.165) is 17.8 Å². The quantitative estimate of drug-likeness (QED) is 0.566. The van der Waals surface area contributed by atoms with Crippen LogP contribution in [0.4, 0.5) is 20.2 Å². The number of carbonyl (C=O) groups is 2. The zero-order chi connectivity index (χ0) is 25.1. The molecule has 0 atom stereocenters. The van der Waals surface area contributed by atoms with Gasteiger partial charge in [-0.15, -0.1) is 0 Å². The average Bonchev–Trinajstić information content (AvgIpc) is 2.85. The summed E-state index contributed by atoms with van der Waals surface area (Å²) >= 11 is 0. The van der Waals surface area contributed by atoms with Crippen LogP contribution in [0.2, 0.25) is 0 Å². The fourth-order valence-corrected chi connectivity index (χ4v) is 4.39. The first-order valence-corrected chi connectivity index (χ1v) is 11.8. The fourth-order valence-electron chi connectivity index (χ4n) is 4.39. The minimum Gasteiger partial charge on any atom is -0.490 e. The van der Waals surface area contributed by atoms with Crippen LogP contribution in [0.15, 0.2) is 60.9 Å². The maximum absolute atomic E-state index is 13.9. The Labute approximate surface area is 206 Å². The van der Waals surface area contributed by atoms with Crippen LogP contribution in [0, 0.1) is 17.6 Å². The van der Waals surface area contributed by atoms with Gasteiger partial charge >= 0.3 is 0 Å². The molecule has 2 aromatic carbocycles. The minimum atomic E-state index is -0.855. The number of ether oxygens (including phenoxy) is 1. The smallest absolute Gasteiger partial charge is 0.256 e. The number of carbonyl (C=O) groups excluding carboxylic acids is 2. The van der Waals surface area contributed by atoms with E-state index in [1.165, 1.54) is 6.07 Å². The molecule has 10 heteroatoms. The van der Waals surface area contributed by atoms with Crippen LogP contribution in [-0.4, -0.2) is 59.2 Å². The number of nitrogens with one attached hydrogen (secondary N) is 1. The van der Waals surface area contributed by atoms with Crippen molar-refractivity contribution in [2.45, 2.75) is 18.9 Å². The molecule has 3 heterocycles. The number of nitrogens with zero attached hydrogens (tertiary/aromatic N) is 4. The predicted octanol–water partition coefficient (Wildman–Crippen LogP) is 3.51. The van der Waals surface area contributed by atoms with Gasteiger partial charge in [-0.1, -0.05) is 0 Å². The van der Waals surface area contributed by atoms with Gasteiger partial charge in [-0.2, -0.15) is 10.2 Å². The summed E-state index contributed by atoms with van der Waals surface area (Å²) in [5.74, 6) is -1.47. The van der Waals surface area contributed by atoms with Crippen molar-refractivity contribution in [2.24, 2.45) is 5.92 Å². The molecule has 1 aromatic heterocycles. The first-order chi connectivity index (χ1) is 17.5. The molecular weight excluding hydrogens is 468 g/mol. The lowest BCUT2D eigenvalue weighted by atomic mass is 9.98. The van der Waals surface area contributed by atoms with E-state index < -0.39 is 17.5 Å². The second-order valence-corrected chi connectivity index (χ2v) is 8.95. The molecule has 3 aromatic rings. The number of halogens is 2. The summed E-state index contributed by atoms with van der Waals surface area (Å²) in [5, 5.41) is 10.6. The molecule has 5 rings (SSSR count). The summed E-state index contributed by atoms with van der Waals surface area (Å²) in [7, 11) is 0. The first kappa shape index (κ1) is 23.7. The highest BCUT2D eigenvalue weighted by atomic mass is 19.1. The van der Waals surface area contributed by atoms with Gasteiger partial charge in [-0.05, 0) is 42.5 Å². The Bertz CT molecular complexity index is 1230. The molecule has 0 radical (unpaired) electrons. The number of amides is 2. The fraction of sp³-hybridized carbons (Fsp3) is 0.308. The van der Waals surface area contributed by atoms with Crippen molar-refractivity contribution < 1.29 is 23.1 Å². The summed E-state index contributed by atoms with van der Waals surface area (Å²) in [4.78, 5) is 28.7. The van der Waals surface area contributed by atoms with Gasteiger partial charge < -0.3 is 19.9 Å². The molecule has 1 N–H and O–H groups in total. The highest BCUT2D eigenvalue weighted by Crippen LogP contribution is 2.26. The molecule has 2 aliphatic heterocycles. The van der Waals surface area contributed by atoms with Crippen LogP contribution in [-0.2, 0) is 4.79 Å². The molecule has 36 heavy (non-hydrogen) atoms. The largest absolute Gasteiger partial charge is 0.490 e. The van der Waals surface area contributed by atoms with Gasteiger partial charge in [-0.3, -0.25) is 9.59 Å². The normalized spacial score (nSPS) is 16.4. The van der Waals surface area contributed by atoms with E-state index in [1.54, 1.807) is 41.6 Å². The third-order valence-corrected chi connectivity index (χ3v) is 6.50. The zero-order valence-electron chi connectivity index (χ0n) is 19.4. The van der Waals surface area contributed by atoms with Crippen LogP contribution in [0.25, 0.3) is 0 Å². The maximum Gasteiger partial charge on any atom is 0.256 e. The number of anilines is 2. The summed E-state index contributed by atoms with van der Waals surface area (Å²) in [6.07, 6.45) is 4.41. The minimum absolute atomic E-state index is 0.0310. The van der Waals surface area contributed by atoms with E-state index >= 15 is 0 Å². The van der Waals surface area contributed by atoms with E-state index in [0.29, 0.717) is 50.5 Å². The lowest BCUT2D eigenvalue weighted by Gasteiger charge is -2.39. The number of piperidine rings is 1. The molecule has 0 aliphatic carbocycles. The number of hydrogen-bond acceptors (Lipinski definition) is 6. The Kier molecular flexibility index (Phi) is 6.75. The van der Waals surface area contributed by atoms with E-state index in [4.69, 9.17) is 4.74 Å². The molecule has 0 bridgehead atoms. The van der Waals surface area contributed by atoms with E-state index in [9.17, 15) is 18.4 Å². The summed E-state index contributed by atoms with van der Waals surface area (Å²) in [6, 6.07) is 12.0. The molecule has 0 spiro atoms. The van der Waals surface area contributed by atoms with Crippen LogP contribution >= 0.6 is 0 Å². The van der Waals surface area contributed by atoms with Crippen molar-refractivity contribution in [3.8, 4) is 5.75 Å². The average molecular weight is 494 g/mol. The van der Waals surface area contributed by atoms with Crippen molar-refractivity contribution in [3.05, 3.63) is 78.1 Å². The molecule has 0 unspecified atom stereocenters. The molecule has 2 fully saturated rings. The molecule has 8 nitrogen and oxygen atoms in total. The standard InChI is InChI=1S/C26H25F2N5O3/c27-18-1-6-23(24(28)13-18)26(35)32-11-8-22(9-12-32)36-21-4-2-19(3-5-21)31-25(34)17-15-33(16-17)20-7-10-29-30-14-20/h1-7,10,13-14,17,22H,8-9,11-12,15-16H2,(H,31,34). The van der Waals surface area contributed by atoms with Crippen LogP contribution in [0.3, 0.4) is 0 Å². The summed E-state index contributed by atoms with van der Waals surface area (Å²) < 4.78 is 33.1. The topological polar surface area (TPSA) is 87.7 Å². The van der Waals surface area contributed by atoms with Crippen molar-refractivity contribution in [3.63, 3.8) is 0 Å². The van der Waals surface area contributed by atoms with E-state index in [1.807, 2.05) is 6.07 Å². The van der Waals surface area contributed by atoms with Crippen LogP contribution in [0.5, 0.6) is 5.75 Å². The Morgan fingerprint density at radius 3 is 2.39 bits per heavy atom. The van der Waals surface area contributed by atoms with Gasteiger partial charge in [0.1, 0.15) is 23.5 Å². The number of likely N-dealkylation sites (tertiary alicyclic amines) is 1. The van der Waals surface area contributed by atoms with Gasteiger partial charge in [0.2, 0.25) is 5.91 Å². The van der Waals surface area contributed by atoms with Crippen molar-refractivity contribution in [2.75, 3.05) is 36.4 Å². The Morgan fingerprint density at radius 2 is 1.72 bits per heavy atom. The predicted molar refractivity (Wildman–Crippen MR) is 129 cm³/mol. The molecule has 0 saturated carbocycles. The Balaban J connectivity index is 1.07. The zero-order valence-corrected chi connectivity index (χ0v) is 19.4. The Hall–Kier alpha value is -4.08. The third-order valence-electron chi connectivity index (χ3n) is 6.50. The highest BCUT2D eigenvalue weighted by Gasteiger charge is 2.33. The van der Waals surface area contributed by atoms with Crippen molar-refractivity contribution in [1.82, 2.24) is 15.1 Å². The number of rotatable bonds is 6. The van der Waals surface area contributed by atoms with Gasteiger partial charge in [0.15, 0.2) is 0 Å². The molecule has 2 saturated heterocycles. The molecular formula is C26H25F2N5O3. The van der Waals surface area contributed by atoms with Gasteiger partial charge in [0.25, 0.3) is 5.91 Å². The second-order valence-electron chi connectivity index (χ2n) is 8.95. The van der Waals surface area contributed by atoms with Gasteiger partial charge in [0, 0.05) is 50.8 Å². The van der Waals surface area contributed by atoms with E-state index in [-0.39, 0.29) is 23.5 Å². The SMILES string of the molecule is O=C(Nc1ccc(OC2CCN(C(=O)c3ccc(F)cc3F)CC2)cc1)C1CN(c2ccnnc2)C1. The number of hydrogen-bond donors (Lipinski definition) is 1. The van der Waals surface area contributed by atoms with Crippen LogP contribution in [0.1, 0.15) is 23.2 Å². The highest BCUT2D eigenvalue weighted by molar-refractivity contribution is 5.95. The monoisotopic (exact) mass is 493 g/mol. The van der Waals surface area contributed by atoms with Crippen molar-refractivity contribution in [1.29, 1.82) is 0 Å². The number of aromatic nitrogens is 2. The number of benzene rings is 2. The maximum atomic E-state index is 13.9. The summed E-state index contributed by atoms with van der Waals surface area (Å²) in [5.41, 5.74) is 1.52. The second kappa shape index (κ2) is 10.3. The lowest BCUT2D eigenvalue weighted by Crippen LogP contribution is -2.52. The summed E-state index contributed by atoms with van der Waals surface area (Å²) in [6.45, 7) is 2.10.